The van der Waals surface area contributed by atoms with Gasteiger partial charge in [0, 0.05) is 31.7 Å². The van der Waals surface area contributed by atoms with E-state index in [9.17, 15) is 9.18 Å². The maximum absolute atomic E-state index is 14.6. The molecule has 0 radical (unpaired) electrons. The Morgan fingerprint density at radius 1 is 1.45 bits per heavy atom. The Balaban J connectivity index is 1.60. The number of halogens is 1. The van der Waals surface area contributed by atoms with E-state index in [1.54, 1.807) is 0 Å². The van der Waals surface area contributed by atoms with Crippen LogP contribution in [0.1, 0.15) is 16.9 Å². The maximum atomic E-state index is 14.6. The number of piperidine rings is 1. The predicted molar refractivity (Wildman–Crippen MR) is 120 cm³/mol. The van der Waals surface area contributed by atoms with Gasteiger partial charge in [-0.2, -0.15) is 5.26 Å². The summed E-state index contributed by atoms with van der Waals surface area (Å²) in [5.74, 6) is 0.373. The molecule has 0 bridgehead atoms. The molecule has 160 valence electrons. The Labute approximate surface area is 183 Å². The lowest BCUT2D eigenvalue weighted by molar-refractivity contribution is -0.111. The number of amides is 1. The Morgan fingerprint density at radius 3 is 2.97 bits per heavy atom. The molecule has 2 N–H and O–H groups in total. The number of anilines is 3. The van der Waals surface area contributed by atoms with Crippen LogP contribution in [-0.2, 0) is 11.8 Å². The van der Waals surface area contributed by atoms with Crippen molar-refractivity contribution in [1.82, 2.24) is 14.5 Å². The number of benzene rings is 1. The number of nitrogens with one attached hydrogen (secondary N) is 2. The average Bonchev–Trinajstić information content (AvgIpc) is 3.32. The van der Waals surface area contributed by atoms with Crippen LogP contribution < -0.4 is 15.5 Å². The summed E-state index contributed by atoms with van der Waals surface area (Å²) < 4.78 is 16.5. The van der Waals surface area contributed by atoms with E-state index in [1.165, 1.54) is 23.6 Å². The number of imidazole rings is 1. The summed E-state index contributed by atoms with van der Waals surface area (Å²) in [7, 11) is 1.90. The second-order valence-corrected chi connectivity index (χ2v) is 8.57. The van der Waals surface area contributed by atoms with Gasteiger partial charge in [-0.05, 0) is 30.7 Å². The smallest absolute Gasteiger partial charge is 0.247 e. The van der Waals surface area contributed by atoms with Gasteiger partial charge in [0.25, 0.3) is 0 Å². The minimum Gasteiger partial charge on any atom is -0.357 e. The molecule has 1 aromatic carbocycles. The highest BCUT2D eigenvalue weighted by Gasteiger charge is 2.30. The number of alkyl halides is 1. The van der Waals surface area contributed by atoms with Crippen LogP contribution in [-0.4, -0.2) is 45.7 Å². The van der Waals surface area contributed by atoms with E-state index >= 15 is 0 Å². The molecular formula is C21H22FN7OS. The molecule has 1 saturated heterocycles. The van der Waals surface area contributed by atoms with Crippen molar-refractivity contribution in [2.45, 2.75) is 25.6 Å². The van der Waals surface area contributed by atoms with Crippen LogP contribution in [0, 0.1) is 18.3 Å². The number of aryl methyl sites for hydroxylation is 2. The minimum absolute atomic E-state index is 0.162. The summed E-state index contributed by atoms with van der Waals surface area (Å²) in [5, 5.41) is 15.6. The van der Waals surface area contributed by atoms with Gasteiger partial charge in [0.15, 0.2) is 5.13 Å². The molecule has 0 spiro atoms. The first-order valence-corrected chi connectivity index (χ1v) is 10.6. The number of aromatic nitrogens is 3. The third-order valence-electron chi connectivity index (χ3n) is 5.27. The summed E-state index contributed by atoms with van der Waals surface area (Å²) in [5.41, 5.74) is 3.18. The third kappa shape index (κ3) is 4.22. The van der Waals surface area contributed by atoms with Crippen LogP contribution in [0.3, 0.4) is 0 Å². The molecule has 0 unspecified atom stereocenters. The summed E-state index contributed by atoms with van der Waals surface area (Å²) in [4.78, 5) is 23.0. The fourth-order valence-corrected chi connectivity index (χ4v) is 4.49. The summed E-state index contributed by atoms with van der Waals surface area (Å²) in [6.45, 7) is 6.19. The molecule has 0 aliphatic carbocycles. The molecule has 31 heavy (non-hydrogen) atoms. The van der Waals surface area contributed by atoms with Crippen molar-refractivity contribution in [1.29, 1.82) is 5.26 Å². The second-order valence-electron chi connectivity index (χ2n) is 7.54. The number of thiazole rings is 1. The van der Waals surface area contributed by atoms with E-state index in [2.05, 4.69) is 28.3 Å². The number of rotatable bonds is 5. The van der Waals surface area contributed by atoms with E-state index in [4.69, 9.17) is 10.2 Å². The van der Waals surface area contributed by atoms with Crippen molar-refractivity contribution in [2.24, 2.45) is 7.05 Å². The first kappa shape index (κ1) is 20.8. The van der Waals surface area contributed by atoms with Crippen LogP contribution in [0.4, 0.5) is 21.2 Å². The van der Waals surface area contributed by atoms with E-state index in [1.807, 2.05) is 35.6 Å². The minimum atomic E-state index is -1.02. The van der Waals surface area contributed by atoms with Gasteiger partial charge in [0.1, 0.15) is 17.1 Å². The van der Waals surface area contributed by atoms with E-state index in [-0.39, 0.29) is 18.5 Å². The summed E-state index contributed by atoms with van der Waals surface area (Å²) >= 11 is 1.25. The van der Waals surface area contributed by atoms with Crippen molar-refractivity contribution in [3.63, 3.8) is 0 Å². The van der Waals surface area contributed by atoms with E-state index < -0.39 is 6.17 Å². The van der Waals surface area contributed by atoms with Crippen molar-refractivity contribution in [3.05, 3.63) is 41.4 Å². The van der Waals surface area contributed by atoms with Gasteiger partial charge < -0.3 is 20.1 Å². The monoisotopic (exact) mass is 439 g/mol. The first-order valence-electron chi connectivity index (χ1n) is 9.80. The molecule has 3 aromatic rings. The predicted octanol–water partition coefficient (Wildman–Crippen LogP) is 3.36. The quantitative estimate of drug-likeness (QED) is 0.592. The number of nitrogens with zero attached hydrogens (tertiary/aromatic N) is 5. The SMILES string of the molecule is C=CC(=O)Nc1cc2nc(N3C[C@H](F)C[C@@H](Nc4ncc(C#N)s4)C3)n(C)c2cc1C. The Bertz CT molecular complexity index is 1190. The molecule has 1 aliphatic heterocycles. The summed E-state index contributed by atoms with van der Waals surface area (Å²) in [6, 6.07) is 5.67. The van der Waals surface area contributed by atoms with Crippen LogP contribution in [0.2, 0.25) is 0 Å². The molecule has 1 fully saturated rings. The van der Waals surface area contributed by atoms with Crippen molar-refractivity contribution < 1.29 is 9.18 Å². The van der Waals surface area contributed by atoms with Gasteiger partial charge in [-0.15, -0.1) is 0 Å². The zero-order chi connectivity index (χ0) is 22.1. The number of hydrogen-bond donors (Lipinski definition) is 2. The number of fused-ring (bicyclic) bond motifs is 1. The lowest BCUT2D eigenvalue weighted by Gasteiger charge is -2.35. The Hall–Kier alpha value is -3.45. The molecule has 0 saturated carbocycles. The molecule has 1 amide bonds. The number of hydrogen-bond acceptors (Lipinski definition) is 7. The number of carbonyl (C=O) groups is 1. The van der Waals surface area contributed by atoms with Gasteiger partial charge >= 0.3 is 0 Å². The fraction of sp³-hybridized carbons (Fsp3) is 0.333. The highest BCUT2D eigenvalue weighted by atomic mass is 32.1. The standard InChI is InChI=1S/C21H22FN7OS/c1-4-19(30)26-16-7-17-18(5-12(16)2)28(3)21(27-17)29-10-13(22)6-14(11-29)25-20-24-9-15(8-23)31-20/h4-5,7,9,13-14H,1,6,10-11H2,2-3H3,(H,24,25)(H,26,30)/t13-,14-/m1/s1. The van der Waals surface area contributed by atoms with Gasteiger partial charge in [-0.1, -0.05) is 17.9 Å². The molecule has 3 heterocycles. The molecular weight excluding hydrogens is 417 g/mol. The lowest BCUT2D eigenvalue weighted by atomic mass is 10.0. The van der Waals surface area contributed by atoms with Crippen molar-refractivity contribution in [3.8, 4) is 6.07 Å². The Kier molecular flexibility index (Phi) is 5.61. The fourth-order valence-electron chi connectivity index (χ4n) is 3.80. The normalized spacial score (nSPS) is 18.6. The molecule has 8 nitrogen and oxygen atoms in total. The highest BCUT2D eigenvalue weighted by Crippen LogP contribution is 2.30. The lowest BCUT2D eigenvalue weighted by Crippen LogP contribution is -2.48. The van der Waals surface area contributed by atoms with Crippen LogP contribution in [0.15, 0.2) is 31.0 Å². The topological polar surface area (TPSA) is 98.9 Å². The average molecular weight is 440 g/mol. The van der Waals surface area contributed by atoms with Gasteiger partial charge in [-0.25, -0.2) is 14.4 Å². The Morgan fingerprint density at radius 2 is 2.26 bits per heavy atom. The highest BCUT2D eigenvalue weighted by molar-refractivity contribution is 7.16. The molecule has 4 rings (SSSR count). The molecule has 2 aromatic heterocycles. The summed E-state index contributed by atoms with van der Waals surface area (Å²) in [6.07, 6.45) is 2.07. The third-order valence-corrected chi connectivity index (χ3v) is 6.11. The molecule has 1 aliphatic rings. The van der Waals surface area contributed by atoms with Gasteiger partial charge in [0.2, 0.25) is 11.9 Å². The number of carbonyl (C=O) groups excluding carboxylic acids is 1. The van der Waals surface area contributed by atoms with Gasteiger partial charge in [-0.3, -0.25) is 4.79 Å². The largest absolute Gasteiger partial charge is 0.357 e. The zero-order valence-electron chi connectivity index (χ0n) is 17.2. The van der Waals surface area contributed by atoms with Crippen molar-refractivity contribution in [2.75, 3.05) is 28.6 Å². The van der Waals surface area contributed by atoms with Crippen LogP contribution >= 0.6 is 11.3 Å². The van der Waals surface area contributed by atoms with Crippen LogP contribution in [0.5, 0.6) is 0 Å². The molecule has 10 heteroatoms. The number of nitriles is 1. The maximum Gasteiger partial charge on any atom is 0.247 e. The first-order chi connectivity index (χ1) is 14.9. The van der Waals surface area contributed by atoms with E-state index in [0.717, 1.165) is 11.1 Å². The van der Waals surface area contributed by atoms with Crippen LogP contribution in [0.25, 0.3) is 11.0 Å². The molecule has 2 atom stereocenters. The van der Waals surface area contributed by atoms with Crippen molar-refractivity contribution >= 4 is 45.0 Å². The zero-order valence-corrected chi connectivity index (χ0v) is 18.0. The van der Waals surface area contributed by atoms with Gasteiger partial charge in [0.05, 0.1) is 23.8 Å². The second kappa shape index (κ2) is 8.35. The van der Waals surface area contributed by atoms with E-state index in [0.29, 0.717) is 40.1 Å².